The van der Waals surface area contributed by atoms with Gasteiger partial charge in [0.25, 0.3) is 0 Å². The Morgan fingerprint density at radius 1 is 1.09 bits per heavy atom. The van der Waals surface area contributed by atoms with Gasteiger partial charge < -0.3 is 24.3 Å². The molecule has 0 spiro atoms. The minimum Gasteiger partial charge on any atom is -0.462 e. The molecule has 4 rings (SSSR count). The molecule has 2 aromatic rings. The summed E-state index contributed by atoms with van der Waals surface area (Å²) >= 11 is 0. The van der Waals surface area contributed by atoms with Gasteiger partial charge in [-0.3, -0.25) is 19.2 Å². The lowest BCUT2D eigenvalue weighted by Gasteiger charge is -2.31. The van der Waals surface area contributed by atoms with Gasteiger partial charge in [0.05, 0.1) is 27.6 Å². The van der Waals surface area contributed by atoms with Crippen molar-refractivity contribution in [1.82, 2.24) is 4.57 Å². The first kappa shape index (κ1) is 32.5. The van der Waals surface area contributed by atoms with Crippen molar-refractivity contribution in [1.29, 1.82) is 0 Å². The fourth-order valence-electron chi connectivity index (χ4n) is 6.82. The Morgan fingerprint density at radius 3 is 2.37 bits per heavy atom. The number of ketones is 1. The van der Waals surface area contributed by atoms with Crippen molar-refractivity contribution in [2.24, 2.45) is 17.1 Å². The second-order valence-electron chi connectivity index (χ2n) is 14.4. The molecule has 2 aliphatic carbocycles. The minimum atomic E-state index is -0.528. The third-order valence-electron chi connectivity index (χ3n) is 8.57. The standard InChI is InChI=1S/C34H47N3O6/c1-21-19-36(29-17-34(3,4)18-30(39)32(21)29)25-10-13-28(33(35)41)24(15-25)14-23-8-11-26(12-9-23)43-31(40)16-27(42-22(2)38)20-37(5,6)7/h10,13,15,19,23,26-27H,8-9,11-12,14,16-18,20H2,1-7H3,(H-,35,41)/p+1. The van der Waals surface area contributed by atoms with Crippen LogP contribution in [0.2, 0.25) is 0 Å². The molecule has 0 bridgehead atoms. The number of nitrogens with zero attached hydrogens (tertiary/aromatic N) is 2. The second kappa shape index (κ2) is 12.6. The topological polar surface area (TPSA) is 118 Å². The number of aryl methyl sites for hydroxylation is 1. The highest BCUT2D eigenvalue weighted by Crippen LogP contribution is 2.38. The highest BCUT2D eigenvalue weighted by Gasteiger charge is 2.35. The molecule has 1 atom stereocenters. The van der Waals surface area contributed by atoms with E-state index in [4.69, 9.17) is 15.2 Å². The Hall–Kier alpha value is -3.46. The number of rotatable bonds is 10. The minimum absolute atomic E-state index is 0.0368. The fourth-order valence-corrected chi connectivity index (χ4v) is 6.82. The van der Waals surface area contributed by atoms with Gasteiger partial charge in [-0.15, -0.1) is 0 Å². The number of benzene rings is 1. The van der Waals surface area contributed by atoms with Gasteiger partial charge in [0.15, 0.2) is 11.9 Å². The molecule has 1 saturated carbocycles. The van der Waals surface area contributed by atoms with Crippen molar-refractivity contribution in [2.75, 3.05) is 27.7 Å². The summed E-state index contributed by atoms with van der Waals surface area (Å²) in [4.78, 5) is 49.6. The number of hydrogen-bond acceptors (Lipinski definition) is 6. The molecular formula is C34H48N3O6+. The van der Waals surface area contributed by atoms with Crippen molar-refractivity contribution < 1.29 is 33.1 Å². The van der Waals surface area contributed by atoms with Crippen LogP contribution in [0.5, 0.6) is 0 Å². The van der Waals surface area contributed by atoms with Crippen LogP contribution in [-0.4, -0.2) is 72.6 Å². The van der Waals surface area contributed by atoms with Crippen molar-refractivity contribution in [3.05, 3.63) is 52.3 Å². The molecule has 0 aliphatic heterocycles. The summed E-state index contributed by atoms with van der Waals surface area (Å²) in [5.41, 5.74) is 10.8. The van der Waals surface area contributed by atoms with Gasteiger partial charge in [-0.1, -0.05) is 13.8 Å². The molecule has 9 heteroatoms. The van der Waals surface area contributed by atoms with Crippen molar-refractivity contribution in [3.63, 3.8) is 0 Å². The maximum absolute atomic E-state index is 13.0. The molecule has 234 valence electrons. The molecule has 1 unspecified atom stereocenters. The molecule has 1 amide bonds. The van der Waals surface area contributed by atoms with E-state index < -0.39 is 18.0 Å². The average Bonchev–Trinajstić information content (AvgIpc) is 3.18. The molecule has 1 heterocycles. The molecule has 43 heavy (non-hydrogen) atoms. The average molecular weight is 595 g/mol. The number of fused-ring (bicyclic) bond motifs is 1. The third kappa shape index (κ3) is 8.34. The van der Waals surface area contributed by atoms with E-state index in [0.717, 1.165) is 60.2 Å². The van der Waals surface area contributed by atoms with Gasteiger partial charge in [-0.25, -0.2) is 0 Å². The van der Waals surface area contributed by atoms with Crippen LogP contribution in [0.3, 0.4) is 0 Å². The first-order chi connectivity index (χ1) is 20.0. The van der Waals surface area contributed by atoms with E-state index in [1.165, 1.54) is 6.92 Å². The quantitative estimate of drug-likeness (QED) is 0.314. The highest BCUT2D eigenvalue weighted by atomic mass is 16.6. The van der Waals surface area contributed by atoms with Crippen molar-refractivity contribution >= 4 is 23.6 Å². The van der Waals surface area contributed by atoms with E-state index in [1.54, 1.807) is 6.07 Å². The molecule has 9 nitrogen and oxygen atoms in total. The van der Waals surface area contributed by atoms with Crippen LogP contribution < -0.4 is 5.73 Å². The number of esters is 2. The summed E-state index contributed by atoms with van der Waals surface area (Å²) in [5.74, 6) is -0.711. The predicted molar refractivity (Wildman–Crippen MR) is 164 cm³/mol. The van der Waals surface area contributed by atoms with Gasteiger partial charge in [0, 0.05) is 42.0 Å². The fraction of sp³-hybridized carbons (Fsp3) is 0.588. The molecule has 2 aliphatic rings. The molecule has 1 aromatic heterocycles. The summed E-state index contributed by atoms with van der Waals surface area (Å²) in [7, 11) is 5.95. The number of amides is 1. The Balaban J connectivity index is 1.43. The van der Waals surface area contributed by atoms with Crippen LogP contribution in [0.4, 0.5) is 0 Å². The number of carbonyl (C=O) groups excluding carboxylic acids is 4. The van der Waals surface area contributed by atoms with Crippen LogP contribution in [0.25, 0.3) is 5.69 Å². The number of hydrogen-bond donors (Lipinski definition) is 1. The molecule has 1 fully saturated rings. The number of aromatic nitrogens is 1. The maximum Gasteiger partial charge on any atom is 0.310 e. The van der Waals surface area contributed by atoms with Gasteiger partial charge in [-0.2, -0.15) is 0 Å². The number of carbonyl (C=O) groups is 4. The Kier molecular flexibility index (Phi) is 9.54. The van der Waals surface area contributed by atoms with E-state index >= 15 is 0 Å². The summed E-state index contributed by atoms with van der Waals surface area (Å²) in [5, 5.41) is 0. The van der Waals surface area contributed by atoms with Crippen molar-refractivity contribution in [3.8, 4) is 5.69 Å². The lowest BCUT2D eigenvalue weighted by atomic mass is 9.75. The van der Waals surface area contributed by atoms with E-state index in [0.29, 0.717) is 35.4 Å². The summed E-state index contributed by atoms with van der Waals surface area (Å²) in [6.45, 7) is 8.10. The summed E-state index contributed by atoms with van der Waals surface area (Å²) in [6.07, 6.45) is 6.57. The smallest absolute Gasteiger partial charge is 0.310 e. The first-order valence-electron chi connectivity index (χ1n) is 15.4. The zero-order valence-electron chi connectivity index (χ0n) is 26.8. The van der Waals surface area contributed by atoms with E-state index in [-0.39, 0.29) is 29.7 Å². The zero-order valence-corrected chi connectivity index (χ0v) is 26.8. The van der Waals surface area contributed by atoms with Gasteiger partial charge in [0.2, 0.25) is 5.91 Å². The van der Waals surface area contributed by atoms with Gasteiger partial charge in [-0.05, 0) is 86.1 Å². The maximum atomic E-state index is 13.0. The second-order valence-corrected chi connectivity index (χ2v) is 14.4. The molecule has 1 aromatic carbocycles. The molecule has 0 radical (unpaired) electrons. The van der Waals surface area contributed by atoms with Crippen LogP contribution in [-0.2, 0) is 31.9 Å². The number of likely N-dealkylation sites (N-methyl/N-ethyl adjacent to an activating group) is 1. The van der Waals surface area contributed by atoms with Gasteiger partial charge in [0.1, 0.15) is 12.6 Å². The Morgan fingerprint density at radius 2 is 1.77 bits per heavy atom. The van der Waals surface area contributed by atoms with Gasteiger partial charge >= 0.3 is 11.9 Å². The predicted octanol–water partition coefficient (Wildman–Crippen LogP) is 4.71. The molecular weight excluding hydrogens is 546 g/mol. The largest absolute Gasteiger partial charge is 0.462 e. The lowest BCUT2D eigenvalue weighted by molar-refractivity contribution is -0.873. The summed E-state index contributed by atoms with van der Waals surface area (Å²) < 4.78 is 13.8. The van der Waals surface area contributed by atoms with E-state index in [9.17, 15) is 19.2 Å². The van der Waals surface area contributed by atoms with Crippen LogP contribution >= 0.6 is 0 Å². The summed E-state index contributed by atoms with van der Waals surface area (Å²) in [6, 6.07) is 5.75. The number of quaternary nitrogens is 1. The Bertz CT molecular complexity index is 1390. The lowest BCUT2D eigenvalue weighted by Crippen LogP contribution is -2.44. The third-order valence-corrected chi connectivity index (χ3v) is 8.57. The Labute approximate surface area is 255 Å². The molecule has 2 N–H and O–H groups in total. The molecule has 0 saturated heterocycles. The highest BCUT2D eigenvalue weighted by molar-refractivity contribution is 6.00. The van der Waals surface area contributed by atoms with E-state index in [1.807, 2.05) is 46.4 Å². The zero-order chi connectivity index (χ0) is 31.7. The SMILES string of the molecule is CC(=O)OC(CC(=O)OC1CCC(Cc2cc(-n3cc(C)c4c3CC(C)(C)CC4=O)ccc2C(N)=O)CC1)C[N+](C)(C)C. The number of Topliss-reactive ketones (excluding diaryl/α,β-unsaturated/α-hetero) is 1. The van der Waals surface area contributed by atoms with E-state index in [2.05, 4.69) is 18.4 Å². The first-order valence-corrected chi connectivity index (χ1v) is 15.4. The number of nitrogens with two attached hydrogens (primary N) is 1. The van der Waals surface area contributed by atoms with Crippen LogP contribution in [0.15, 0.2) is 24.4 Å². The van der Waals surface area contributed by atoms with Crippen LogP contribution in [0, 0.1) is 18.3 Å². The van der Waals surface area contributed by atoms with Crippen molar-refractivity contribution in [2.45, 2.75) is 91.3 Å². The normalized spacial score (nSPS) is 20.7. The monoisotopic (exact) mass is 594 g/mol. The number of primary amides is 1. The van der Waals surface area contributed by atoms with Crippen LogP contribution in [0.1, 0.15) is 96.8 Å². The number of ether oxygens (including phenoxy) is 2.